The Hall–Kier alpha value is -1.46. The van der Waals surface area contributed by atoms with Crippen LogP contribution in [0.25, 0.3) is 0 Å². The van der Waals surface area contributed by atoms with E-state index in [0.717, 1.165) is 31.6 Å². The van der Waals surface area contributed by atoms with Gasteiger partial charge in [0.05, 0.1) is 19.6 Å². The molecule has 0 aliphatic carbocycles. The average molecular weight is 295 g/mol. The molecule has 116 valence electrons. The number of esters is 1. The number of hydrogen-bond donors (Lipinski definition) is 0. The summed E-state index contributed by atoms with van der Waals surface area (Å²) in [6.07, 6.45) is 2.72. The second-order valence-electron chi connectivity index (χ2n) is 5.32. The van der Waals surface area contributed by atoms with E-state index in [9.17, 15) is 9.18 Å². The first-order valence-electron chi connectivity index (χ1n) is 7.32. The highest BCUT2D eigenvalue weighted by molar-refractivity contribution is 5.69. The number of carbonyl (C=O) groups is 1. The molecule has 0 amide bonds. The molecule has 0 saturated carbocycles. The molecule has 0 N–H and O–H groups in total. The normalized spacial score (nSPS) is 18.1. The summed E-state index contributed by atoms with van der Waals surface area (Å²) in [6.45, 7) is 2.89. The largest absolute Gasteiger partial charge is 0.469 e. The van der Waals surface area contributed by atoms with Gasteiger partial charge in [-0.25, -0.2) is 4.39 Å². The minimum absolute atomic E-state index is 0.216. The smallest absolute Gasteiger partial charge is 0.306 e. The van der Waals surface area contributed by atoms with Gasteiger partial charge in [0.25, 0.3) is 0 Å². The Morgan fingerprint density at radius 2 is 2.19 bits per heavy atom. The van der Waals surface area contributed by atoms with Crippen LogP contribution in [0.5, 0.6) is 0 Å². The van der Waals surface area contributed by atoms with Gasteiger partial charge in [-0.15, -0.1) is 0 Å². The van der Waals surface area contributed by atoms with Gasteiger partial charge in [0.2, 0.25) is 0 Å². The van der Waals surface area contributed by atoms with Gasteiger partial charge in [-0.1, -0.05) is 12.1 Å². The number of halogens is 1. The van der Waals surface area contributed by atoms with Crippen molar-refractivity contribution >= 4 is 5.97 Å². The molecule has 0 spiro atoms. The molecular formula is C16H22FNO3. The third kappa shape index (κ3) is 5.44. The zero-order valence-corrected chi connectivity index (χ0v) is 12.4. The lowest BCUT2D eigenvalue weighted by Gasteiger charge is -2.25. The van der Waals surface area contributed by atoms with Gasteiger partial charge in [0.15, 0.2) is 0 Å². The van der Waals surface area contributed by atoms with E-state index < -0.39 is 0 Å². The number of methoxy groups -OCH3 is 1. The topological polar surface area (TPSA) is 38.8 Å². The molecule has 4 nitrogen and oxygen atoms in total. The maximum absolute atomic E-state index is 13.0. The van der Waals surface area contributed by atoms with Crippen LogP contribution >= 0.6 is 0 Å². The fourth-order valence-corrected chi connectivity index (χ4v) is 2.51. The number of ether oxygens (including phenoxy) is 2. The standard InChI is InChI=1S/C16H22FNO3/c1-20-16(19)8-9-18(12-15-3-2-10-21-15)11-13-4-6-14(17)7-5-13/h4-7,15H,2-3,8-12H2,1H3. The number of benzene rings is 1. The first-order valence-corrected chi connectivity index (χ1v) is 7.32. The molecule has 1 aromatic carbocycles. The van der Waals surface area contributed by atoms with Gasteiger partial charge in [-0.05, 0) is 30.5 Å². The number of carbonyl (C=O) groups excluding carboxylic acids is 1. The third-order valence-corrected chi connectivity index (χ3v) is 3.67. The van der Waals surface area contributed by atoms with Crippen LogP contribution in [0.4, 0.5) is 4.39 Å². The van der Waals surface area contributed by atoms with Gasteiger partial charge in [0.1, 0.15) is 5.82 Å². The zero-order valence-electron chi connectivity index (χ0n) is 12.4. The molecule has 0 radical (unpaired) electrons. The highest BCUT2D eigenvalue weighted by Crippen LogP contribution is 2.15. The average Bonchev–Trinajstić information content (AvgIpc) is 2.99. The van der Waals surface area contributed by atoms with Crippen LogP contribution in [0.2, 0.25) is 0 Å². The Bertz CT molecular complexity index is 443. The Labute approximate surface area is 124 Å². The summed E-state index contributed by atoms with van der Waals surface area (Å²) in [6, 6.07) is 6.46. The maximum atomic E-state index is 13.0. The molecule has 21 heavy (non-hydrogen) atoms. The van der Waals surface area contributed by atoms with Crippen molar-refractivity contribution in [2.75, 3.05) is 26.8 Å². The number of rotatable bonds is 7. The summed E-state index contributed by atoms with van der Waals surface area (Å²) in [7, 11) is 1.40. The van der Waals surface area contributed by atoms with Crippen LogP contribution in [-0.2, 0) is 20.8 Å². The van der Waals surface area contributed by atoms with E-state index in [1.807, 2.05) is 0 Å². The predicted octanol–water partition coefficient (Wildman–Crippen LogP) is 2.37. The first-order chi connectivity index (χ1) is 10.2. The van der Waals surface area contributed by atoms with Crippen molar-refractivity contribution in [2.24, 2.45) is 0 Å². The van der Waals surface area contributed by atoms with Crippen molar-refractivity contribution in [1.29, 1.82) is 0 Å². The van der Waals surface area contributed by atoms with Crippen LogP contribution in [0.1, 0.15) is 24.8 Å². The summed E-state index contributed by atoms with van der Waals surface area (Å²) in [5.41, 5.74) is 1.03. The van der Waals surface area contributed by atoms with Gasteiger partial charge >= 0.3 is 5.97 Å². The van der Waals surface area contributed by atoms with E-state index in [1.165, 1.54) is 19.2 Å². The van der Waals surface area contributed by atoms with Crippen LogP contribution in [0, 0.1) is 5.82 Å². The van der Waals surface area contributed by atoms with E-state index in [0.29, 0.717) is 19.5 Å². The van der Waals surface area contributed by atoms with Crippen molar-refractivity contribution < 1.29 is 18.7 Å². The van der Waals surface area contributed by atoms with E-state index in [2.05, 4.69) is 4.90 Å². The maximum Gasteiger partial charge on any atom is 0.306 e. The third-order valence-electron chi connectivity index (χ3n) is 3.67. The molecule has 1 unspecified atom stereocenters. The number of hydrogen-bond acceptors (Lipinski definition) is 4. The predicted molar refractivity (Wildman–Crippen MR) is 77.3 cm³/mol. The van der Waals surface area contributed by atoms with Crippen molar-refractivity contribution in [2.45, 2.75) is 31.9 Å². The Morgan fingerprint density at radius 1 is 1.43 bits per heavy atom. The first kappa shape index (κ1) is 15.9. The zero-order chi connectivity index (χ0) is 15.1. The molecule has 1 saturated heterocycles. The monoisotopic (exact) mass is 295 g/mol. The summed E-state index contributed by atoms with van der Waals surface area (Å²) >= 11 is 0. The quantitative estimate of drug-likeness (QED) is 0.724. The van der Waals surface area contributed by atoms with E-state index in [1.54, 1.807) is 12.1 Å². The second kappa shape index (κ2) is 8.10. The van der Waals surface area contributed by atoms with Crippen LogP contribution < -0.4 is 0 Å². The van der Waals surface area contributed by atoms with E-state index in [4.69, 9.17) is 9.47 Å². The molecule has 1 aromatic rings. The fraction of sp³-hybridized carbons (Fsp3) is 0.562. The molecule has 1 heterocycles. The van der Waals surface area contributed by atoms with Crippen molar-refractivity contribution in [1.82, 2.24) is 4.90 Å². The lowest BCUT2D eigenvalue weighted by Crippen LogP contribution is -2.33. The fourth-order valence-electron chi connectivity index (χ4n) is 2.51. The van der Waals surface area contributed by atoms with Gasteiger partial charge in [0, 0.05) is 26.2 Å². The summed E-state index contributed by atoms with van der Waals surface area (Å²) in [5, 5.41) is 0. The van der Waals surface area contributed by atoms with Crippen molar-refractivity contribution in [3.8, 4) is 0 Å². The molecular weight excluding hydrogens is 273 g/mol. The molecule has 1 atom stereocenters. The lowest BCUT2D eigenvalue weighted by molar-refractivity contribution is -0.141. The summed E-state index contributed by atoms with van der Waals surface area (Å²) < 4.78 is 23.3. The van der Waals surface area contributed by atoms with Crippen molar-refractivity contribution in [3.63, 3.8) is 0 Å². The molecule has 1 aliphatic heterocycles. The lowest BCUT2D eigenvalue weighted by atomic mass is 10.1. The SMILES string of the molecule is COC(=O)CCN(Cc1ccc(F)cc1)CC1CCCO1. The summed E-state index contributed by atoms with van der Waals surface area (Å²) in [5.74, 6) is -0.453. The Morgan fingerprint density at radius 3 is 2.81 bits per heavy atom. The molecule has 2 rings (SSSR count). The summed E-state index contributed by atoms with van der Waals surface area (Å²) in [4.78, 5) is 13.5. The highest BCUT2D eigenvalue weighted by Gasteiger charge is 2.20. The molecule has 0 bridgehead atoms. The molecule has 0 aromatic heterocycles. The van der Waals surface area contributed by atoms with Crippen LogP contribution in [0.15, 0.2) is 24.3 Å². The van der Waals surface area contributed by atoms with E-state index in [-0.39, 0.29) is 17.9 Å². The minimum atomic E-state index is -0.237. The Balaban J connectivity index is 1.92. The molecule has 1 fully saturated rings. The van der Waals surface area contributed by atoms with Crippen LogP contribution in [-0.4, -0.2) is 43.8 Å². The van der Waals surface area contributed by atoms with Gasteiger partial charge in [-0.2, -0.15) is 0 Å². The van der Waals surface area contributed by atoms with E-state index >= 15 is 0 Å². The van der Waals surface area contributed by atoms with Gasteiger partial charge < -0.3 is 9.47 Å². The second-order valence-corrected chi connectivity index (χ2v) is 5.32. The minimum Gasteiger partial charge on any atom is -0.469 e. The molecule has 5 heteroatoms. The number of nitrogens with zero attached hydrogens (tertiary/aromatic N) is 1. The van der Waals surface area contributed by atoms with Gasteiger partial charge in [-0.3, -0.25) is 9.69 Å². The van der Waals surface area contributed by atoms with Crippen LogP contribution in [0.3, 0.4) is 0 Å². The Kier molecular flexibility index (Phi) is 6.14. The molecule has 1 aliphatic rings. The highest BCUT2D eigenvalue weighted by atomic mass is 19.1. The van der Waals surface area contributed by atoms with Crippen molar-refractivity contribution in [3.05, 3.63) is 35.6 Å².